The van der Waals surface area contributed by atoms with E-state index in [1.807, 2.05) is 50.2 Å². The predicted octanol–water partition coefficient (Wildman–Crippen LogP) is 6.87. The van der Waals surface area contributed by atoms with Crippen LogP contribution in [0.4, 0.5) is 8.78 Å². The molecule has 1 atom stereocenters. The smallest absolute Gasteiger partial charge is 0.165 e. The minimum atomic E-state index is -0.412. The fourth-order valence-electron chi connectivity index (χ4n) is 5.32. The van der Waals surface area contributed by atoms with Crippen LogP contribution < -0.4 is 14.2 Å². The second-order valence-electron chi connectivity index (χ2n) is 10.3. The number of benzene rings is 3. The fourth-order valence-corrected chi connectivity index (χ4v) is 5.32. The molecule has 3 aromatic carbocycles. The first-order chi connectivity index (χ1) is 18.9. The van der Waals surface area contributed by atoms with Crippen LogP contribution in [0, 0.1) is 5.82 Å². The molecule has 1 fully saturated rings. The number of phenolic OH excluding ortho intramolecular Hbond substituents is 1. The van der Waals surface area contributed by atoms with E-state index in [1.54, 1.807) is 18.2 Å². The molecule has 0 aliphatic carbocycles. The summed E-state index contributed by atoms with van der Waals surface area (Å²) in [6, 6.07) is 18.1. The van der Waals surface area contributed by atoms with Gasteiger partial charge in [-0.15, -0.1) is 0 Å². The van der Waals surface area contributed by atoms with Crippen molar-refractivity contribution in [2.45, 2.75) is 45.3 Å². The molecule has 3 aromatic rings. The maximum atomic E-state index is 15.0. The molecular formula is C32H35F2NO4. The van der Waals surface area contributed by atoms with E-state index >= 15 is 4.39 Å². The molecule has 206 valence electrons. The largest absolute Gasteiger partial charge is 0.508 e. The highest BCUT2D eigenvalue weighted by atomic mass is 19.1. The Kier molecular flexibility index (Phi) is 8.36. The molecular weight excluding hydrogens is 500 g/mol. The first kappa shape index (κ1) is 27.0. The SMILES string of the molecule is CC(C)Oc1ccc(C2=C(c3ccc(O[C@H]4CCN(CCCF)C4)cc3)c3ccc(O)cc3OCC2)cc1F. The first-order valence-electron chi connectivity index (χ1n) is 13.6. The van der Waals surface area contributed by atoms with Crippen LogP contribution in [0.1, 0.15) is 49.8 Å². The van der Waals surface area contributed by atoms with Gasteiger partial charge in [0.25, 0.3) is 0 Å². The van der Waals surface area contributed by atoms with Crippen LogP contribution in [-0.2, 0) is 0 Å². The molecule has 1 saturated heterocycles. The Labute approximate surface area is 228 Å². The maximum absolute atomic E-state index is 15.0. The maximum Gasteiger partial charge on any atom is 0.165 e. The van der Waals surface area contributed by atoms with E-state index in [4.69, 9.17) is 14.2 Å². The summed E-state index contributed by atoms with van der Waals surface area (Å²) in [6.07, 6.45) is 1.98. The number of hydrogen-bond donors (Lipinski definition) is 1. The van der Waals surface area contributed by atoms with E-state index in [0.29, 0.717) is 25.2 Å². The molecule has 39 heavy (non-hydrogen) atoms. The zero-order valence-electron chi connectivity index (χ0n) is 22.5. The van der Waals surface area contributed by atoms with Crippen LogP contribution >= 0.6 is 0 Å². The lowest BCUT2D eigenvalue weighted by atomic mass is 9.88. The van der Waals surface area contributed by atoms with Crippen molar-refractivity contribution >= 4 is 11.1 Å². The molecule has 1 N–H and O–H groups in total. The number of likely N-dealkylation sites (tertiary alicyclic amines) is 1. The molecule has 5 nitrogen and oxygen atoms in total. The van der Waals surface area contributed by atoms with E-state index in [2.05, 4.69) is 4.90 Å². The van der Waals surface area contributed by atoms with Gasteiger partial charge >= 0.3 is 0 Å². The highest BCUT2D eigenvalue weighted by Gasteiger charge is 2.25. The summed E-state index contributed by atoms with van der Waals surface area (Å²) in [5.74, 6) is 1.29. The Morgan fingerprint density at radius 2 is 1.85 bits per heavy atom. The summed E-state index contributed by atoms with van der Waals surface area (Å²) in [4.78, 5) is 2.24. The van der Waals surface area contributed by atoms with Crippen molar-refractivity contribution in [3.8, 4) is 23.0 Å². The number of fused-ring (bicyclic) bond motifs is 1. The molecule has 5 rings (SSSR count). The monoisotopic (exact) mass is 535 g/mol. The average molecular weight is 536 g/mol. The fraction of sp³-hybridized carbons (Fsp3) is 0.375. The lowest BCUT2D eigenvalue weighted by molar-refractivity contribution is 0.198. The van der Waals surface area contributed by atoms with Gasteiger partial charge in [0.15, 0.2) is 11.6 Å². The number of hydrogen-bond acceptors (Lipinski definition) is 5. The Morgan fingerprint density at radius 1 is 1.05 bits per heavy atom. The normalized spacial score (nSPS) is 17.6. The van der Waals surface area contributed by atoms with Gasteiger partial charge in [-0.2, -0.15) is 0 Å². The topological polar surface area (TPSA) is 51.2 Å². The number of phenols is 1. The van der Waals surface area contributed by atoms with E-state index in [0.717, 1.165) is 59.6 Å². The van der Waals surface area contributed by atoms with Crippen LogP contribution in [0.5, 0.6) is 23.0 Å². The van der Waals surface area contributed by atoms with E-state index in [-0.39, 0.29) is 30.4 Å². The third-order valence-corrected chi connectivity index (χ3v) is 7.07. The second-order valence-corrected chi connectivity index (χ2v) is 10.3. The highest BCUT2D eigenvalue weighted by molar-refractivity contribution is 6.00. The van der Waals surface area contributed by atoms with Gasteiger partial charge in [-0.05, 0) is 85.4 Å². The number of halogens is 2. The third kappa shape index (κ3) is 6.36. The van der Waals surface area contributed by atoms with Gasteiger partial charge < -0.3 is 19.3 Å². The number of rotatable bonds is 9. The van der Waals surface area contributed by atoms with Crippen molar-refractivity contribution in [2.75, 3.05) is 32.9 Å². The molecule has 2 heterocycles. The third-order valence-electron chi connectivity index (χ3n) is 7.07. The predicted molar refractivity (Wildman–Crippen MR) is 149 cm³/mol. The Balaban J connectivity index is 1.48. The van der Waals surface area contributed by atoms with Gasteiger partial charge in [0.1, 0.15) is 23.4 Å². The van der Waals surface area contributed by atoms with Crippen molar-refractivity contribution in [1.29, 1.82) is 0 Å². The van der Waals surface area contributed by atoms with Crippen LogP contribution in [0.25, 0.3) is 11.1 Å². The van der Waals surface area contributed by atoms with Gasteiger partial charge in [0.2, 0.25) is 0 Å². The Morgan fingerprint density at radius 3 is 2.59 bits per heavy atom. The minimum Gasteiger partial charge on any atom is -0.508 e. The van der Waals surface area contributed by atoms with Crippen molar-refractivity contribution in [1.82, 2.24) is 4.90 Å². The lowest BCUT2D eigenvalue weighted by Gasteiger charge is -2.18. The molecule has 0 amide bonds. The molecule has 0 saturated carbocycles. The summed E-state index contributed by atoms with van der Waals surface area (Å²) in [5.41, 5.74) is 4.39. The van der Waals surface area contributed by atoms with Gasteiger partial charge in [0.05, 0.1) is 19.4 Å². The molecule has 0 aromatic heterocycles. The van der Waals surface area contributed by atoms with Crippen molar-refractivity contribution < 1.29 is 28.1 Å². The number of nitrogens with zero attached hydrogens (tertiary/aromatic N) is 1. The quantitative estimate of drug-likeness (QED) is 0.324. The van der Waals surface area contributed by atoms with Gasteiger partial charge in [-0.3, -0.25) is 9.29 Å². The summed E-state index contributed by atoms with van der Waals surface area (Å²) in [7, 11) is 0. The van der Waals surface area contributed by atoms with E-state index in [9.17, 15) is 9.50 Å². The zero-order valence-corrected chi connectivity index (χ0v) is 22.5. The molecule has 0 bridgehead atoms. The summed E-state index contributed by atoms with van der Waals surface area (Å²) >= 11 is 0. The molecule has 0 spiro atoms. The highest BCUT2D eigenvalue weighted by Crippen LogP contribution is 2.43. The van der Waals surface area contributed by atoms with Crippen molar-refractivity contribution in [2.24, 2.45) is 0 Å². The second kappa shape index (κ2) is 12.1. The number of aromatic hydroxyl groups is 1. The first-order valence-corrected chi connectivity index (χ1v) is 13.6. The number of alkyl halides is 1. The van der Waals surface area contributed by atoms with Gasteiger partial charge in [-0.1, -0.05) is 18.2 Å². The molecule has 2 aliphatic heterocycles. The Bertz CT molecular complexity index is 1320. The Hall–Kier alpha value is -3.58. The van der Waals surface area contributed by atoms with Crippen LogP contribution in [0.3, 0.4) is 0 Å². The minimum absolute atomic E-state index is 0.0785. The molecule has 7 heteroatoms. The lowest BCUT2D eigenvalue weighted by Crippen LogP contribution is -2.26. The van der Waals surface area contributed by atoms with Crippen LogP contribution in [0.15, 0.2) is 60.7 Å². The van der Waals surface area contributed by atoms with E-state index < -0.39 is 5.82 Å². The van der Waals surface area contributed by atoms with Crippen LogP contribution in [0.2, 0.25) is 0 Å². The van der Waals surface area contributed by atoms with Crippen LogP contribution in [-0.4, -0.2) is 55.1 Å². The summed E-state index contributed by atoms with van der Waals surface area (Å²) in [6.45, 7) is 6.31. The van der Waals surface area contributed by atoms with Crippen molar-refractivity contribution in [3.05, 3.63) is 83.2 Å². The molecule has 2 aliphatic rings. The van der Waals surface area contributed by atoms with E-state index in [1.165, 1.54) is 6.07 Å². The molecule has 0 unspecified atom stereocenters. The summed E-state index contributed by atoms with van der Waals surface area (Å²) in [5, 5.41) is 10.1. The standard InChI is InChI=1S/C32H35F2NO4/c1-21(2)38-30-11-6-23(18-29(30)34)27-13-17-37-31-19-24(36)7-10-28(31)32(27)22-4-8-25(9-5-22)39-26-12-16-35(20-26)15-3-14-33/h4-11,18-19,21,26,36H,3,12-17,20H2,1-2H3/t26-/m0/s1. The van der Waals surface area contributed by atoms with Crippen molar-refractivity contribution in [3.63, 3.8) is 0 Å². The van der Waals surface area contributed by atoms with Gasteiger partial charge in [0, 0.05) is 37.7 Å². The average Bonchev–Trinajstić information content (AvgIpc) is 3.27. The van der Waals surface area contributed by atoms with Gasteiger partial charge in [-0.25, -0.2) is 4.39 Å². The number of ether oxygens (including phenoxy) is 3. The summed E-state index contributed by atoms with van der Waals surface area (Å²) < 4.78 is 45.4. The molecule has 0 radical (unpaired) electrons. The zero-order chi connectivity index (χ0) is 27.4.